The highest BCUT2D eigenvalue weighted by atomic mass is 16.6. The van der Waals surface area contributed by atoms with E-state index < -0.39 is 0 Å². The third-order valence-corrected chi connectivity index (χ3v) is 2.64. The lowest BCUT2D eigenvalue weighted by atomic mass is 10.1. The van der Waals surface area contributed by atoms with E-state index >= 15 is 0 Å². The maximum absolute atomic E-state index is 5.61. The molecule has 1 heterocycles. The second-order valence-electron chi connectivity index (χ2n) is 3.94. The molecule has 1 N–H and O–H groups in total. The third-order valence-electron chi connectivity index (χ3n) is 2.64. The molecule has 0 aliphatic heterocycles. The van der Waals surface area contributed by atoms with Crippen LogP contribution in [0.4, 0.5) is 0 Å². The van der Waals surface area contributed by atoms with E-state index in [0.29, 0.717) is 6.54 Å². The van der Waals surface area contributed by atoms with Crippen molar-refractivity contribution in [1.29, 1.82) is 0 Å². The van der Waals surface area contributed by atoms with E-state index in [4.69, 9.17) is 9.15 Å². The van der Waals surface area contributed by atoms with Gasteiger partial charge in [-0.2, -0.15) is 4.98 Å². The summed E-state index contributed by atoms with van der Waals surface area (Å²) in [7, 11) is 1.86. The van der Waals surface area contributed by atoms with Gasteiger partial charge in [-0.05, 0) is 38.1 Å². The van der Waals surface area contributed by atoms with E-state index in [1.54, 1.807) is 6.26 Å². The maximum atomic E-state index is 5.61. The Kier molecular flexibility index (Phi) is 3.44. The third kappa shape index (κ3) is 2.65. The molecule has 0 spiro atoms. The van der Waals surface area contributed by atoms with Gasteiger partial charge in [0.1, 0.15) is 12.0 Å². The minimum Gasteiger partial charge on any atom is -0.417 e. The normalized spacial score (nSPS) is 10.5. The summed E-state index contributed by atoms with van der Waals surface area (Å²) in [6.07, 6.45) is 1.88. The molecule has 4 nitrogen and oxygen atoms in total. The van der Waals surface area contributed by atoms with Crippen molar-refractivity contribution in [2.75, 3.05) is 7.05 Å². The van der Waals surface area contributed by atoms with Crippen molar-refractivity contribution in [3.8, 4) is 11.8 Å². The molecule has 0 aliphatic carbocycles. The van der Waals surface area contributed by atoms with Crippen molar-refractivity contribution in [3.63, 3.8) is 0 Å². The number of nitrogens with zero attached hydrogens (tertiary/aromatic N) is 1. The average Bonchev–Trinajstić information content (AvgIpc) is 2.73. The number of hydrogen-bond acceptors (Lipinski definition) is 4. The maximum Gasteiger partial charge on any atom is 0.399 e. The van der Waals surface area contributed by atoms with Crippen LogP contribution in [0.2, 0.25) is 0 Å². The summed E-state index contributed by atoms with van der Waals surface area (Å²) in [4.78, 5) is 4.21. The molecule has 17 heavy (non-hydrogen) atoms. The van der Waals surface area contributed by atoms with Crippen LogP contribution in [0.3, 0.4) is 0 Å². The molecule has 1 aromatic carbocycles. The molecule has 2 rings (SSSR count). The molecule has 0 fully saturated rings. The lowest BCUT2D eigenvalue weighted by molar-refractivity contribution is 0.329. The molecule has 90 valence electrons. The van der Waals surface area contributed by atoms with Crippen LogP contribution in [0.25, 0.3) is 0 Å². The van der Waals surface area contributed by atoms with Gasteiger partial charge in [-0.25, -0.2) is 0 Å². The van der Waals surface area contributed by atoms with Crippen LogP contribution in [0.15, 0.2) is 28.9 Å². The van der Waals surface area contributed by atoms with E-state index in [0.717, 1.165) is 17.0 Å². The van der Waals surface area contributed by atoms with E-state index in [2.05, 4.69) is 10.3 Å². The lowest BCUT2D eigenvalue weighted by Gasteiger charge is -2.06. The first kappa shape index (κ1) is 11.7. The first-order valence-electron chi connectivity index (χ1n) is 5.54. The number of ether oxygens (including phenoxy) is 1. The first-order chi connectivity index (χ1) is 8.20. The molecule has 0 radical (unpaired) electrons. The SMILES string of the molecule is CNCc1coc(Oc2cccc(C)c2C)n1. The lowest BCUT2D eigenvalue weighted by Crippen LogP contribution is -2.04. The fourth-order valence-corrected chi connectivity index (χ4v) is 1.53. The number of hydrogen-bond donors (Lipinski definition) is 1. The van der Waals surface area contributed by atoms with Gasteiger partial charge in [0.05, 0.1) is 5.69 Å². The average molecular weight is 232 g/mol. The van der Waals surface area contributed by atoms with Gasteiger partial charge in [-0.3, -0.25) is 0 Å². The highest BCUT2D eigenvalue weighted by Crippen LogP contribution is 2.26. The van der Waals surface area contributed by atoms with Crippen molar-refractivity contribution in [2.45, 2.75) is 20.4 Å². The summed E-state index contributed by atoms with van der Waals surface area (Å²) in [5.41, 5.74) is 3.11. The first-order valence-corrected chi connectivity index (χ1v) is 5.54. The number of oxazole rings is 1. The summed E-state index contributed by atoms with van der Waals surface area (Å²) in [5.74, 6) is 0.780. The Morgan fingerprint density at radius 3 is 2.94 bits per heavy atom. The number of nitrogens with one attached hydrogen (secondary N) is 1. The van der Waals surface area contributed by atoms with Crippen LogP contribution in [0, 0.1) is 13.8 Å². The van der Waals surface area contributed by atoms with Crippen LogP contribution in [0.5, 0.6) is 11.8 Å². The molecule has 0 bridgehead atoms. The topological polar surface area (TPSA) is 47.3 Å². The van der Waals surface area contributed by atoms with Crippen LogP contribution in [-0.4, -0.2) is 12.0 Å². The van der Waals surface area contributed by atoms with Crippen LogP contribution < -0.4 is 10.1 Å². The monoisotopic (exact) mass is 232 g/mol. The van der Waals surface area contributed by atoms with Gasteiger partial charge in [-0.15, -0.1) is 0 Å². The zero-order chi connectivity index (χ0) is 12.3. The van der Waals surface area contributed by atoms with Gasteiger partial charge in [0.15, 0.2) is 0 Å². The molecule has 4 heteroatoms. The molecule has 0 saturated carbocycles. The molecular formula is C13H16N2O2. The predicted molar refractivity (Wildman–Crippen MR) is 65.3 cm³/mol. The van der Waals surface area contributed by atoms with Crippen molar-refractivity contribution in [2.24, 2.45) is 0 Å². The molecular weight excluding hydrogens is 216 g/mol. The fraction of sp³-hybridized carbons (Fsp3) is 0.308. The van der Waals surface area contributed by atoms with Crippen LogP contribution >= 0.6 is 0 Å². The highest BCUT2D eigenvalue weighted by Gasteiger charge is 2.08. The molecule has 2 aromatic rings. The van der Waals surface area contributed by atoms with Crippen molar-refractivity contribution >= 4 is 0 Å². The van der Waals surface area contributed by atoms with Crippen molar-refractivity contribution < 1.29 is 9.15 Å². The molecule has 0 saturated heterocycles. The minimum absolute atomic E-state index is 0.281. The van der Waals surface area contributed by atoms with E-state index in [9.17, 15) is 0 Å². The van der Waals surface area contributed by atoms with E-state index in [1.807, 2.05) is 39.1 Å². The zero-order valence-electron chi connectivity index (χ0n) is 10.3. The summed E-state index contributed by atoms with van der Waals surface area (Å²) >= 11 is 0. The Bertz CT molecular complexity index is 506. The van der Waals surface area contributed by atoms with Gasteiger partial charge in [0.25, 0.3) is 0 Å². The quantitative estimate of drug-likeness (QED) is 0.880. The summed E-state index contributed by atoms with van der Waals surface area (Å²) in [6.45, 7) is 4.73. The Hall–Kier alpha value is -1.81. The van der Waals surface area contributed by atoms with Gasteiger partial charge < -0.3 is 14.5 Å². The van der Waals surface area contributed by atoms with Crippen LogP contribution in [-0.2, 0) is 6.54 Å². The Labute approximate surface area is 101 Å². The number of aromatic nitrogens is 1. The smallest absolute Gasteiger partial charge is 0.399 e. The standard InChI is InChI=1S/C13H16N2O2/c1-9-5-4-6-12(10(9)2)17-13-15-11(7-14-3)8-16-13/h4-6,8,14H,7H2,1-3H3. The number of benzene rings is 1. The second kappa shape index (κ2) is 5.01. The molecule has 0 aliphatic rings. The van der Waals surface area contributed by atoms with Gasteiger partial charge in [0, 0.05) is 6.54 Å². The van der Waals surface area contributed by atoms with E-state index in [-0.39, 0.29) is 6.08 Å². The Balaban J connectivity index is 2.16. The second-order valence-corrected chi connectivity index (χ2v) is 3.94. The number of rotatable bonds is 4. The van der Waals surface area contributed by atoms with Crippen molar-refractivity contribution in [3.05, 3.63) is 41.3 Å². The van der Waals surface area contributed by atoms with E-state index in [1.165, 1.54) is 5.56 Å². The fourth-order valence-electron chi connectivity index (χ4n) is 1.53. The number of aryl methyl sites for hydroxylation is 1. The van der Waals surface area contributed by atoms with Gasteiger partial charge in [-0.1, -0.05) is 12.1 Å². The Morgan fingerprint density at radius 2 is 2.18 bits per heavy atom. The Morgan fingerprint density at radius 1 is 1.35 bits per heavy atom. The predicted octanol–water partition coefficient (Wildman–Crippen LogP) is 2.80. The summed E-state index contributed by atoms with van der Waals surface area (Å²) in [6, 6.07) is 5.91. The minimum atomic E-state index is 0.281. The molecule has 1 aromatic heterocycles. The van der Waals surface area contributed by atoms with Gasteiger partial charge in [0.2, 0.25) is 0 Å². The van der Waals surface area contributed by atoms with Crippen molar-refractivity contribution in [1.82, 2.24) is 10.3 Å². The van der Waals surface area contributed by atoms with Gasteiger partial charge >= 0.3 is 6.08 Å². The highest BCUT2D eigenvalue weighted by molar-refractivity contribution is 5.39. The zero-order valence-corrected chi connectivity index (χ0v) is 10.3. The van der Waals surface area contributed by atoms with Crippen LogP contribution in [0.1, 0.15) is 16.8 Å². The summed E-state index contributed by atoms with van der Waals surface area (Å²) < 4.78 is 10.9. The molecule has 0 atom stereocenters. The molecule has 0 amide bonds. The molecule has 0 unspecified atom stereocenters. The summed E-state index contributed by atoms with van der Waals surface area (Å²) in [5, 5.41) is 3.00. The largest absolute Gasteiger partial charge is 0.417 e.